The molecular weight excluding hydrogens is 456 g/mol. The molecule has 3 aromatic rings. The molecule has 0 bridgehead atoms. The molecule has 5 heteroatoms. The lowest BCUT2D eigenvalue weighted by atomic mass is 9.96. The van der Waals surface area contributed by atoms with Gasteiger partial charge in [-0.1, -0.05) is 58.0 Å². The molecule has 1 aliphatic carbocycles. The topological polar surface area (TPSA) is 37.2 Å². The van der Waals surface area contributed by atoms with Crippen molar-refractivity contribution < 1.29 is 5.11 Å². The molecule has 0 saturated heterocycles. The molecule has 1 heterocycles. The molecule has 0 amide bonds. The van der Waals surface area contributed by atoms with Gasteiger partial charge in [-0.15, -0.1) is 0 Å². The van der Waals surface area contributed by atoms with Crippen LogP contribution in [0.1, 0.15) is 39.0 Å². The van der Waals surface area contributed by atoms with Crippen LogP contribution in [0.3, 0.4) is 0 Å². The Morgan fingerprint density at radius 3 is 1.96 bits per heavy atom. The number of aliphatic hydroxyl groups excluding tert-OH is 1. The van der Waals surface area contributed by atoms with Crippen LogP contribution in [-0.2, 0) is 6.73 Å². The van der Waals surface area contributed by atoms with Crippen molar-refractivity contribution in [3.05, 3.63) is 45.3 Å². The molecule has 2 N–H and O–H groups in total. The molecular formula is C21H26Br2N2O. The predicted molar refractivity (Wildman–Crippen MR) is 118 cm³/mol. The van der Waals surface area contributed by atoms with Crippen LogP contribution in [0.25, 0.3) is 21.8 Å². The van der Waals surface area contributed by atoms with Crippen molar-refractivity contribution in [1.82, 2.24) is 9.88 Å². The third-order valence-electron chi connectivity index (χ3n) is 5.03. The SMILES string of the molecule is CCNC1CCCCC1.OCn1c2ccc(Br)cc2c2cc(Br)ccc21. The normalized spacial score (nSPS) is 15.2. The lowest BCUT2D eigenvalue weighted by molar-refractivity contribution is 0.220. The maximum atomic E-state index is 9.50. The molecule has 0 unspecified atom stereocenters. The van der Waals surface area contributed by atoms with Gasteiger partial charge in [0.05, 0.1) is 11.0 Å². The Bertz CT molecular complexity index is 807. The number of aliphatic hydroxyl groups is 1. The fourth-order valence-corrected chi connectivity index (χ4v) is 4.52. The van der Waals surface area contributed by atoms with Crippen LogP contribution in [0.2, 0.25) is 0 Å². The average molecular weight is 482 g/mol. The average Bonchev–Trinajstić information content (AvgIpc) is 2.95. The number of fused-ring (bicyclic) bond motifs is 3. The van der Waals surface area contributed by atoms with Crippen molar-refractivity contribution in [2.45, 2.75) is 51.8 Å². The van der Waals surface area contributed by atoms with E-state index in [0.29, 0.717) is 0 Å². The molecule has 1 aliphatic rings. The molecule has 3 nitrogen and oxygen atoms in total. The van der Waals surface area contributed by atoms with Crippen LogP contribution in [0.5, 0.6) is 0 Å². The maximum absolute atomic E-state index is 9.50. The van der Waals surface area contributed by atoms with Gasteiger partial charge in [-0.05, 0) is 55.8 Å². The van der Waals surface area contributed by atoms with E-state index >= 15 is 0 Å². The van der Waals surface area contributed by atoms with Gasteiger partial charge in [-0.25, -0.2) is 0 Å². The van der Waals surface area contributed by atoms with Gasteiger partial charge in [0.15, 0.2) is 0 Å². The van der Waals surface area contributed by atoms with Crippen LogP contribution in [0, 0.1) is 0 Å². The Kier molecular flexibility index (Phi) is 7.15. The summed E-state index contributed by atoms with van der Waals surface area (Å²) in [5, 5.41) is 15.3. The molecule has 0 aliphatic heterocycles. The standard InChI is InChI=1S/C13H9Br2NO.C8H17N/c14-8-1-3-12-10(5-8)11-6-9(15)2-4-13(11)16(12)7-17;1-2-9-8-6-4-3-5-7-8/h1-6,17H,7H2;8-9H,2-7H2,1H3. The first-order chi connectivity index (χ1) is 12.6. The fraction of sp³-hybridized carbons (Fsp3) is 0.429. The summed E-state index contributed by atoms with van der Waals surface area (Å²) in [4.78, 5) is 0. The Balaban J connectivity index is 0.000000185. The van der Waals surface area contributed by atoms with Gasteiger partial charge in [0.1, 0.15) is 6.73 Å². The highest BCUT2D eigenvalue weighted by atomic mass is 79.9. The first kappa shape index (κ1) is 19.9. The van der Waals surface area contributed by atoms with Crippen molar-refractivity contribution in [1.29, 1.82) is 0 Å². The van der Waals surface area contributed by atoms with Crippen LogP contribution < -0.4 is 5.32 Å². The van der Waals surface area contributed by atoms with E-state index in [1.807, 2.05) is 28.8 Å². The molecule has 0 radical (unpaired) electrons. The Labute approximate surface area is 172 Å². The maximum Gasteiger partial charge on any atom is 0.120 e. The van der Waals surface area contributed by atoms with Crippen molar-refractivity contribution in [3.8, 4) is 0 Å². The number of hydrogen-bond donors (Lipinski definition) is 2. The molecule has 1 saturated carbocycles. The summed E-state index contributed by atoms with van der Waals surface area (Å²) in [6.45, 7) is 3.32. The number of halogens is 2. The molecule has 1 aromatic heterocycles. The monoisotopic (exact) mass is 480 g/mol. The van der Waals surface area contributed by atoms with Crippen LogP contribution in [0.4, 0.5) is 0 Å². The van der Waals surface area contributed by atoms with Gasteiger partial charge in [0.25, 0.3) is 0 Å². The number of benzene rings is 2. The largest absolute Gasteiger partial charge is 0.376 e. The van der Waals surface area contributed by atoms with E-state index in [1.165, 1.54) is 32.1 Å². The minimum absolute atomic E-state index is 0.0107. The molecule has 1 fully saturated rings. The first-order valence-corrected chi connectivity index (χ1v) is 10.9. The number of nitrogens with one attached hydrogen (secondary N) is 1. The smallest absolute Gasteiger partial charge is 0.120 e. The molecule has 0 atom stereocenters. The van der Waals surface area contributed by atoms with Crippen LogP contribution in [-0.4, -0.2) is 22.3 Å². The summed E-state index contributed by atoms with van der Waals surface area (Å²) in [7, 11) is 0. The summed E-state index contributed by atoms with van der Waals surface area (Å²) in [6, 6.07) is 13.0. The van der Waals surface area contributed by atoms with Gasteiger partial charge in [-0.3, -0.25) is 0 Å². The third kappa shape index (κ3) is 4.50. The molecule has 26 heavy (non-hydrogen) atoms. The summed E-state index contributed by atoms with van der Waals surface area (Å²) < 4.78 is 3.99. The van der Waals surface area contributed by atoms with Crippen molar-refractivity contribution in [2.24, 2.45) is 0 Å². The third-order valence-corrected chi connectivity index (χ3v) is 6.01. The molecule has 0 spiro atoms. The molecule has 4 rings (SSSR count). The Hall–Kier alpha value is -0.880. The minimum atomic E-state index is -0.0107. The number of aromatic nitrogens is 1. The highest BCUT2D eigenvalue weighted by molar-refractivity contribution is 9.10. The summed E-state index contributed by atoms with van der Waals surface area (Å²) in [6.07, 6.45) is 7.17. The van der Waals surface area contributed by atoms with E-state index in [4.69, 9.17) is 0 Å². The zero-order valence-electron chi connectivity index (χ0n) is 15.1. The lowest BCUT2D eigenvalue weighted by Crippen LogP contribution is -2.30. The quantitative estimate of drug-likeness (QED) is 0.467. The van der Waals surface area contributed by atoms with Crippen LogP contribution >= 0.6 is 31.9 Å². The number of nitrogens with zero attached hydrogens (tertiary/aromatic N) is 1. The van der Waals surface area contributed by atoms with Gasteiger partial charge < -0.3 is 15.0 Å². The van der Waals surface area contributed by atoms with E-state index in [1.54, 1.807) is 0 Å². The molecule has 140 valence electrons. The van der Waals surface area contributed by atoms with Crippen molar-refractivity contribution in [3.63, 3.8) is 0 Å². The van der Waals surface area contributed by atoms with Gasteiger partial charge >= 0.3 is 0 Å². The second-order valence-electron chi connectivity index (χ2n) is 6.79. The van der Waals surface area contributed by atoms with Gasteiger partial charge in [0, 0.05) is 25.8 Å². The zero-order chi connectivity index (χ0) is 18.5. The second kappa shape index (κ2) is 9.36. The minimum Gasteiger partial charge on any atom is -0.376 e. The number of rotatable bonds is 3. The van der Waals surface area contributed by atoms with E-state index < -0.39 is 0 Å². The molecule has 2 aromatic carbocycles. The van der Waals surface area contributed by atoms with E-state index in [9.17, 15) is 5.11 Å². The summed E-state index contributed by atoms with van der Waals surface area (Å²) in [5.74, 6) is 0. The number of hydrogen-bond acceptors (Lipinski definition) is 2. The van der Waals surface area contributed by atoms with E-state index in [0.717, 1.165) is 43.3 Å². The second-order valence-corrected chi connectivity index (χ2v) is 8.62. The van der Waals surface area contributed by atoms with E-state index in [-0.39, 0.29) is 6.73 Å². The zero-order valence-corrected chi connectivity index (χ0v) is 18.3. The highest BCUT2D eigenvalue weighted by Crippen LogP contribution is 2.32. The van der Waals surface area contributed by atoms with Gasteiger partial charge in [-0.2, -0.15) is 0 Å². The lowest BCUT2D eigenvalue weighted by Gasteiger charge is -2.21. The predicted octanol–water partition coefficient (Wildman–Crippen LogP) is 6.20. The van der Waals surface area contributed by atoms with Crippen LogP contribution in [0.15, 0.2) is 45.3 Å². The Morgan fingerprint density at radius 2 is 1.50 bits per heavy atom. The fourth-order valence-electron chi connectivity index (χ4n) is 3.80. The Morgan fingerprint density at radius 1 is 0.962 bits per heavy atom. The summed E-state index contributed by atoms with van der Waals surface area (Å²) >= 11 is 6.97. The van der Waals surface area contributed by atoms with Crippen molar-refractivity contribution in [2.75, 3.05) is 6.54 Å². The first-order valence-electron chi connectivity index (χ1n) is 9.35. The van der Waals surface area contributed by atoms with E-state index in [2.05, 4.69) is 56.2 Å². The van der Waals surface area contributed by atoms with Crippen molar-refractivity contribution >= 4 is 53.7 Å². The highest BCUT2D eigenvalue weighted by Gasteiger charge is 2.11. The van der Waals surface area contributed by atoms with Gasteiger partial charge in [0.2, 0.25) is 0 Å². The summed E-state index contributed by atoms with van der Waals surface area (Å²) in [5.41, 5.74) is 2.09.